The summed E-state index contributed by atoms with van der Waals surface area (Å²) in [5.74, 6) is 0.252. The molecular weight excluding hydrogens is 587 g/mol. The van der Waals surface area contributed by atoms with Crippen LogP contribution in [-0.2, 0) is 28.1 Å². The van der Waals surface area contributed by atoms with Gasteiger partial charge in [0.2, 0.25) is 5.91 Å². The van der Waals surface area contributed by atoms with Gasteiger partial charge in [-0.15, -0.1) is 23.1 Å². The Morgan fingerprint density at radius 1 is 1.12 bits per heavy atom. The predicted molar refractivity (Wildman–Crippen MR) is 158 cm³/mol. The largest absolute Gasteiger partial charge is 0.479 e. The number of carbonyl (C=O) groups is 2. The lowest BCUT2D eigenvalue weighted by atomic mass is 10.1. The van der Waals surface area contributed by atoms with Crippen molar-refractivity contribution >= 4 is 35.0 Å². The van der Waals surface area contributed by atoms with E-state index in [0.717, 1.165) is 52.7 Å². The zero-order valence-electron chi connectivity index (χ0n) is 23.7. The van der Waals surface area contributed by atoms with Gasteiger partial charge in [0, 0.05) is 60.2 Å². The summed E-state index contributed by atoms with van der Waals surface area (Å²) in [6, 6.07) is 10.7. The maximum Gasteiger partial charge on any atom is 0.416 e. The number of aliphatic carboxylic acids is 1. The van der Waals surface area contributed by atoms with Gasteiger partial charge in [-0.3, -0.25) is 9.69 Å². The molecule has 4 rings (SSSR count). The third-order valence-corrected chi connectivity index (χ3v) is 9.32. The van der Waals surface area contributed by atoms with Crippen LogP contribution in [0.15, 0.2) is 47.4 Å². The van der Waals surface area contributed by atoms with Crippen molar-refractivity contribution in [2.75, 3.05) is 26.2 Å². The highest BCUT2D eigenvalue weighted by Gasteiger charge is 2.30. The van der Waals surface area contributed by atoms with Crippen molar-refractivity contribution in [2.45, 2.75) is 63.1 Å². The van der Waals surface area contributed by atoms with Crippen molar-refractivity contribution in [3.05, 3.63) is 64.2 Å². The summed E-state index contributed by atoms with van der Waals surface area (Å²) in [5, 5.41) is 9.79. The van der Waals surface area contributed by atoms with E-state index < -0.39 is 23.8 Å². The van der Waals surface area contributed by atoms with E-state index in [-0.39, 0.29) is 5.91 Å². The van der Waals surface area contributed by atoms with Gasteiger partial charge in [-0.1, -0.05) is 19.1 Å². The van der Waals surface area contributed by atoms with E-state index in [4.69, 9.17) is 14.8 Å². The molecule has 1 atom stereocenters. The second-order valence-corrected chi connectivity index (χ2v) is 12.3. The van der Waals surface area contributed by atoms with Crippen molar-refractivity contribution in [1.29, 1.82) is 0 Å². The molecule has 2 aromatic carbocycles. The van der Waals surface area contributed by atoms with E-state index in [1.54, 1.807) is 17.8 Å². The minimum absolute atomic E-state index is 0.177. The van der Waals surface area contributed by atoms with Crippen molar-refractivity contribution in [2.24, 2.45) is 0 Å². The average molecular weight is 622 g/mol. The highest BCUT2D eigenvalue weighted by atomic mass is 32.2. The third kappa shape index (κ3) is 8.26. The van der Waals surface area contributed by atoms with Gasteiger partial charge in [0.05, 0.1) is 11.3 Å². The van der Waals surface area contributed by atoms with Gasteiger partial charge in [0.25, 0.3) is 0 Å². The van der Waals surface area contributed by atoms with Gasteiger partial charge in [-0.05, 0) is 56.2 Å². The van der Waals surface area contributed by atoms with E-state index in [9.17, 15) is 22.8 Å². The molecule has 1 unspecified atom stereocenters. The fraction of sp³-hybridized carbons (Fsp3) is 0.433. The number of amides is 1. The first-order valence-corrected chi connectivity index (χ1v) is 15.5. The second kappa shape index (κ2) is 13.9. The maximum atomic E-state index is 13.1. The Labute approximate surface area is 251 Å². The second-order valence-electron chi connectivity index (χ2n) is 10.2. The molecule has 2 heterocycles. The number of hydrogen-bond donors (Lipinski definition) is 1. The normalized spacial score (nSPS) is 15.0. The number of carboxylic acid groups (broad SMARTS) is 1. The summed E-state index contributed by atoms with van der Waals surface area (Å²) in [4.78, 5) is 34.5. The Balaban J connectivity index is 1.51. The number of hydrogen-bond acceptors (Lipinski definition) is 7. The molecule has 42 heavy (non-hydrogen) atoms. The van der Waals surface area contributed by atoms with Gasteiger partial charge in [-0.25, -0.2) is 9.78 Å². The molecule has 1 N–H and O–H groups in total. The Morgan fingerprint density at radius 2 is 1.81 bits per heavy atom. The van der Waals surface area contributed by atoms with Gasteiger partial charge < -0.3 is 14.7 Å². The quantitative estimate of drug-likeness (QED) is 0.238. The summed E-state index contributed by atoms with van der Waals surface area (Å²) in [6.45, 7) is 8.69. The molecule has 1 amide bonds. The van der Waals surface area contributed by atoms with Crippen LogP contribution in [0.5, 0.6) is 5.75 Å². The van der Waals surface area contributed by atoms with E-state index in [1.807, 2.05) is 30.9 Å². The predicted octanol–water partition coefficient (Wildman–Crippen LogP) is 6.73. The fourth-order valence-corrected chi connectivity index (χ4v) is 6.69. The van der Waals surface area contributed by atoms with E-state index >= 15 is 0 Å². The lowest BCUT2D eigenvalue weighted by Gasteiger charge is -2.34. The van der Waals surface area contributed by atoms with Crippen LogP contribution in [0, 0.1) is 6.92 Å². The van der Waals surface area contributed by atoms with E-state index in [0.29, 0.717) is 48.1 Å². The van der Waals surface area contributed by atoms with Gasteiger partial charge >= 0.3 is 12.1 Å². The minimum Gasteiger partial charge on any atom is -0.479 e. The molecule has 0 radical (unpaired) electrons. The van der Waals surface area contributed by atoms with Crippen molar-refractivity contribution in [3.8, 4) is 16.3 Å². The molecule has 7 nitrogen and oxygen atoms in total. The Kier molecular flexibility index (Phi) is 10.6. The first-order valence-electron chi connectivity index (χ1n) is 13.7. The number of benzene rings is 2. The number of thiazole rings is 1. The molecular formula is C30H34F3N3O4S2. The van der Waals surface area contributed by atoms with Crippen LogP contribution >= 0.6 is 23.1 Å². The molecule has 1 aromatic heterocycles. The molecule has 12 heteroatoms. The lowest BCUT2D eigenvalue weighted by molar-refractivity contribution is -0.144. The molecule has 1 aliphatic rings. The summed E-state index contributed by atoms with van der Waals surface area (Å²) in [7, 11) is 0. The molecule has 1 fully saturated rings. The standard InChI is InChI=1S/C30H34F3N3O4S2/c1-4-5-27(37)36-14-12-35(13-15-36)17-24-26(42-28(34-24)21-6-8-22(9-7-21)30(31,32)33)18-41-23-10-11-25(19(2)16-23)40-20(3)29(38)39/h6-11,16,20H,4-5,12-15,17-18H2,1-3H3,(H,38,39). The highest BCUT2D eigenvalue weighted by Crippen LogP contribution is 2.36. The summed E-state index contributed by atoms with van der Waals surface area (Å²) >= 11 is 3.07. The Morgan fingerprint density at radius 3 is 2.40 bits per heavy atom. The van der Waals surface area contributed by atoms with Crippen LogP contribution in [0.25, 0.3) is 10.6 Å². The summed E-state index contributed by atoms with van der Waals surface area (Å²) in [6.07, 6.45) is -3.99. The van der Waals surface area contributed by atoms with Crippen LogP contribution < -0.4 is 4.74 Å². The first-order chi connectivity index (χ1) is 19.9. The number of nitrogens with zero attached hydrogens (tertiary/aromatic N) is 3. The topological polar surface area (TPSA) is 83.0 Å². The van der Waals surface area contributed by atoms with E-state index in [2.05, 4.69) is 4.90 Å². The van der Waals surface area contributed by atoms with Crippen LogP contribution in [0.4, 0.5) is 13.2 Å². The van der Waals surface area contributed by atoms with Gasteiger partial charge in [-0.2, -0.15) is 13.2 Å². The summed E-state index contributed by atoms with van der Waals surface area (Å²) < 4.78 is 44.8. The number of ether oxygens (including phenoxy) is 1. The first kappa shape index (κ1) is 31.8. The molecule has 3 aromatic rings. The number of carboxylic acids is 1. The molecule has 226 valence electrons. The number of rotatable bonds is 11. The minimum atomic E-state index is -4.40. The van der Waals surface area contributed by atoms with Crippen LogP contribution in [-0.4, -0.2) is 64.0 Å². The van der Waals surface area contributed by atoms with E-state index in [1.165, 1.54) is 30.4 Å². The number of alkyl halides is 3. The number of aryl methyl sites for hydroxylation is 1. The lowest BCUT2D eigenvalue weighted by Crippen LogP contribution is -2.48. The molecule has 0 spiro atoms. The SMILES string of the molecule is CCCC(=O)N1CCN(Cc2nc(-c3ccc(C(F)(F)F)cc3)sc2CSc2ccc(OC(C)C(=O)O)c(C)c2)CC1. The maximum absolute atomic E-state index is 13.1. The zero-order valence-corrected chi connectivity index (χ0v) is 25.4. The summed E-state index contributed by atoms with van der Waals surface area (Å²) in [5.41, 5.74) is 1.63. The third-order valence-electron chi connectivity index (χ3n) is 6.97. The number of aromatic nitrogens is 1. The molecule has 1 aliphatic heterocycles. The van der Waals surface area contributed by atoms with Crippen LogP contribution in [0.1, 0.15) is 48.4 Å². The van der Waals surface area contributed by atoms with Crippen LogP contribution in [0.2, 0.25) is 0 Å². The number of carbonyl (C=O) groups excluding carboxylic acids is 1. The van der Waals surface area contributed by atoms with Crippen LogP contribution in [0.3, 0.4) is 0 Å². The number of piperazine rings is 1. The zero-order chi connectivity index (χ0) is 30.4. The fourth-order valence-electron chi connectivity index (χ4n) is 4.52. The Bertz CT molecular complexity index is 1390. The van der Waals surface area contributed by atoms with Crippen molar-refractivity contribution < 1.29 is 32.6 Å². The highest BCUT2D eigenvalue weighted by molar-refractivity contribution is 7.98. The van der Waals surface area contributed by atoms with Gasteiger partial charge in [0.1, 0.15) is 10.8 Å². The molecule has 0 saturated carbocycles. The smallest absolute Gasteiger partial charge is 0.416 e. The Hall–Kier alpha value is -3.09. The number of thioether (sulfide) groups is 1. The molecule has 1 saturated heterocycles. The van der Waals surface area contributed by atoms with Crippen molar-refractivity contribution in [3.63, 3.8) is 0 Å². The van der Waals surface area contributed by atoms with Crippen molar-refractivity contribution in [1.82, 2.24) is 14.8 Å². The molecule has 0 bridgehead atoms. The number of halogens is 3. The monoisotopic (exact) mass is 621 g/mol. The molecule has 0 aliphatic carbocycles. The average Bonchev–Trinajstić information content (AvgIpc) is 3.35. The van der Waals surface area contributed by atoms with Gasteiger partial charge in [0.15, 0.2) is 6.10 Å².